The van der Waals surface area contributed by atoms with Gasteiger partial charge >= 0.3 is 0 Å². The second-order valence-corrected chi connectivity index (χ2v) is 4.43. The molecule has 23 heavy (non-hydrogen) atoms. The van der Waals surface area contributed by atoms with Gasteiger partial charge in [-0.2, -0.15) is 5.10 Å². The van der Waals surface area contributed by atoms with Crippen LogP contribution in [-0.4, -0.2) is 33.1 Å². The van der Waals surface area contributed by atoms with E-state index in [4.69, 9.17) is 9.15 Å². The van der Waals surface area contributed by atoms with Gasteiger partial charge in [-0.1, -0.05) is 0 Å². The van der Waals surface area contributed by atoms with Gasteiger partial charge in [0.05, 0.1) is 23.8 Å². The second-order valence-electron chi connectivity index (χ2n) is 4.43. The van der Waals surface area contributed by atoms with Crippen molar-refractivity contribution in [1.29, 1.82) is 0 Å². The molecular formula is C14H11N5O4. The standard InChI is InChI=1S/C14H11N5O4/c1-22-13-4-2-10(19(20)21)6-12(13)14-5-3-11(23-14)7-17-18-8-15-16-9-18/h2-9H,1H3. The van der Waals surface area contributed by atoms with E-state index in [1.165, 1.54) is 48.9 Å². The summed E-state index contributed by atoms with van der Waals surface area (Å²) in [6, 6.07) is 7.69. The van der Waals surface area contributed by atoms with Crippen LogP contribution >= 0.6 is 0 Å². The number of nitrogens with zero attached hydrogens (tertiary/aromatic N) is 5. The van der Waals surface area contributed by atoms with Crippen LogP contribution in [0.3, 0.4) is 0 Å². The van der Waals surface area contributed by atoms with Crippen LogP contribution in [0.1, 0.15) is 5.76 Å². The Morgan fingerprint density at radius 1 is 1.30 bits per heavy atom. The van der Waals surface area contributed by atoms with E-state index in [9.17, 15) is 10.1 Å². The van der Waals surface area contributed by atoms with E-state index in [2.05, 4.69) is 15.3 Å². The fourth-order valence-corrected chi connectivity index (χ4v) is 1.95. The Bertz CT molecular complexity index is 854. The lowest BCUT2D eigenvalue weighted by Gasteiger charge is -2.05. The number of nitro benzene ring substituents is 1. The summed E-state index contributed by atoms with van der Waals surface area (Å²) in [5.74, 6) is 1.39. The summed E-state index contributed by atoms with van der Waals surface area (Å²) in [6.45, 7) is 0. The maximum atomic E-state index is 10.9. The van der Waals surface area contributed by atoms with E-state index in [0.717, 1.165) is 0 Å². The molecule has 9 heteroatoms. The van der Waals surface area contributed by atoms with Crippen molar-refractivity contribution in [3.05, 3.63) is 58.9 Å². The number of furan rings is 1. The van der Waals surface area contributed by atoms with Crippen molar-refractivity contribution in [1.82, 2.24) is 14.9 Å². The minimum absolute atomic E-state index is 0.0445. The van der Waals surface area contributed by atoms with E-state index >= 15 is 0 Å². The van der Waals surface area contributed by atoms with Crippen LogP contribution in [0.4, 0.5) is 5.69 Å². The number of hydrogen-bond donors (Lipinski definition) is 0. The number of aromatic nitrogens is 3. The summed E-state index contributed by atoms with van der Waals surface area (Å²) in [5, 5.41) is 22.2. The highest BCUT2D eigenvalue weighted by Gasteiger charge is 2.15. The van der Waals surface area contributed by atoms with Gasteiger partial charge in [0, 0.05) is 12.1 Å². The molecule has 0 saturated carbocycles. The highest BCUT2D eigenvalue weighted by atomic mass is 16.6. The number of non-ortho nitro benzene ring substituents is 1. The predicted octanol–water partition coefficient (Wildman–Crippen LogP) is 2.34. The number of hydrogen-bond acceptors (Lipinski definition) is 7. The first kappa shape index (κ1) is 14.4. The topological polar surface area (TPSA) is 109 Å². The Hall–Kier alpha value is -3.49. The van der Waals surface area contributed by atoms with Gasteiger partial charge in [0.15, 0.2) is 0 Å². The van der Waals surface area contributed by atoms with Gasteiger partial charge in [-0.15, -0.1) is 10.2 Å². The van der Waals surface area contributed by atoms with Crippen molar-refractivity contribution in [2.75, 3.05) is 7.11 Å². The van der Waals surface area contributed by atoms with Gasteiger partial charge in [0.2, 0.25) is 0 Å². The molecule has 116 valence electrons. The molecule has 0 radical (unpaired) electrons. The van der Waals surface area contributed by atoms with E-state index in [0.29, 0.717) is 22.8 Å². The summed E-state index contributed by atoms with van der Waals surface area (Å²) in [7, 11) is 1.49. The molecule has 0 amide bonds. The lowest BCUT2D eigenvalue weighted by atomic mass is 10.1. The molecular weight excluding hydrogens is 302 g/mol. The summed E-state index contributed by atoms with van der Waals surface area (Å²) < 4.78 is 12.3. The number of rotatable bonds is 5. The van der Waals surface area contributed by atoms with Crippen molar-refractivity contribution < 1.29 is 14.1 Å². The maximum absolute atomic E-state index is 10.9. The van der Waals surface area contributed by atoms with E-state index in [1.54, 1.807) is 12.1 Å². The first-order valence-electron chi connectivity index (χ1n) is 6.49. The van der Waals surface area contributed by atoms with E-state index < -0.39 is 4.92 Å². The van der Waals surface area contributed by atoms with Crippen LogP contribution in [0.15, 0.2) is 52.5 Å². The van der Waals surface area contributed by atoms with Crippen LogP contribution in [-0.2, 0) is 0 Å². The van der Waals surface area contributed by atoms with Crippen LogP contribution in [0, 0.1) is 10.1 Å². The largest absolute Gasteiger partial charge is 0.496 e. The molecule has 0 fully saturated rings. The molecule has 0 unspecified atom stereocenters. The van der Waals surface area contributed by atoms with Gasteiger partial charge in [-0.25, -0.2) is 4.68 Å². The Morgan fingerprint density at radius 3 is 2.78 bits per heavy atom. The molecule has 0 saturated heterocycles. The fraction of sp³-hybridized carbons (Fsp3) is 0.0714. The summed E-state index contributed by atoms with van der Waals surface area (Å²) in [5.41, 5.74) is 0.447. The molecule has 3 rings (SSSR count). The normalized spacial score (nSPS) is 11.0. The number of benzene rings is 1. The van der Waals surface area contributed by atoms with E-state index in [1.807, 2.05) is 0 Å². The molecule has 0 spiro atoms. The van der Waals surface area contributed by atoms with Crippen molar-refractivity contribution in [2.45, 2.75) is 0 Å². The van der Waals surface area contributed by atoms with Crippen molar-refractivity contribution in [2.24, 2.45) is 5.10 Å². The van der Waals surface area contributed by atoms with Crippen molar-refractivity contribution >= 4 is 11.9 Å². The quantitative estimate of drug-likeness (QED) is 0.406. The molecule has 1 aromatic carbocycles. The molecule has 2 aromatic heterocycles. The molecule has 0 N–H and O–H groups in total. The number of nitro groups is 1. The Labute approximate surface area is 130 Å². The summed E-state index contributed by atoms with van der Waals surface area (Å²) in [6.07, 6.45) is 4.35. The van der Waals surface area contributed by atoms with Crippen molar-refractivity contribution in [3.63, 3.8) is 0 Å². The van der Waals surface area contributed by atoms with Crippen LogP contribution in [0.5, 0.6) is 5.75 Å². The SMILES string of the molecule is COc1ccc([N+](=O)[O-])cc1-c1ccc(C=Nn2cnnc2)o1. The first-order valence-corrected chi connectivity index (χ1v) is 6.49. The zero-order chi connectivity index (χ0) is 16.2. The Balaban J connectivity index is 1.93. The highest BCUT2D eigenvalue weighted by Crippen LogP contribution is 2.34. The maximum Gasteiger partial charge on any atom is 0.270 e. The lowest BCUT2D eigenvalue weighted by Crippen LogP contribution is -1.91. The zero-order valence-corrected chi connectivity index (χ0v) is 12.0. The third-order valence-corrected chi connectivity index (χ3v) is 3.01. The molecule has 2 heterocycles. The zero-order valence-electron chi connectivity index (χ0n) is 12.0. The summed E-state index contributed by atoms with van der Waals surface area (Å²) >= 11 is 0. The average Bonchev–Trinajstić information content (AvgIpc) is 3.23. The molecule has 0 aliphatic rings. The minimum atomic E-state index is -0.472. The molecule has 0 bridgehead atoms. The third kappa shape index (κ3) is 3.07. The predicted molar refractivity (Wildman–Crippen MR) is 80.4 cm³/mol. The Morgan fingerprint density at radius 2 is 2.09 bits per heavy atom. The van der Waals surface area contributed by atoms with Gasteiger partial charge in [-0.3, -0.25) is 10.1 Å². The molecule has 3 aromatic rings. The van der Waals surface area contributed by atoms with Gasteiger partial charge < -0.3 is 9.15 Å². The van der Waals surface area contributed by atoms with Gasteiger partial charge in [-0.05, 0) is 18.2 Å². The monoisotopic (exact) mass is 313 g/mol. The van der Waals surface area contributed by atoms with E-state index in [-0.39, 0.29) is 5.69 Å². The van der Waals surface area contributed by atoms with Crippen LogP contribution in [0.2, 0.25) is 0 Å². The second kappa shape index (κ2) is 6.10. The smallest absolute Gasteiger partial charge is 0.270 e. The fourth-order valence-electron chi connectivity index (χ4n) is 1.95. The molecule has 9 nitrogen and oxygen atoms in total. The third-order valence-electron chi connectivity index (χ3n) is 3.01. The lowest BCUT2D eigenvalue weighted by molar-refractivity contribution is -0.384. The first-order chi connectivity index (χ1) is 11.2. The number of methoxy groups -OCH3 is 1. The molecule has 0 atom stereocenters. The summed E-state index contributed by atoms with van der Waals surface area (Å²) in [4.78, 5) is 10.4. The molecule has 0 aliphatic heterocycles. The van der Waals surface area contributed by atoms with Crippen molar-refractivity contribution in [3.8, 4) is 17.1 Å². The Kier molecular flexibility index (Phi) is 3.83. The number of ether oxygens (including phenoxy) is 1. The van der Waals surface area contributed by atoms with Gasteiger partial charge in [0.1, 0.15) is 29.9 Å². The average molecular weight is 313 g/mol. The van der Waals surface area contributed by atoms with Gasteiger partial charge in [0.25, 0.3) is 5.69 Å². The van der Waals surface area contributed by atoms with Crippen LogP contribution in [0.25, 0.3) is 11.3 Å². The minimum Gasteiger partial charge on any atom is -0.496 e. The molecule has 0 aliphatic carbocycles. The highest BCUT2D eigenvalue weighted by molar-refractivity contribution is 5.78. The van der Waals surface area contributed by atoms with Crippen LogP contribution < -0.4 is 4.74 Å².